The van der Waals surface area contributed by atoms with E-state index in [1.54, 1.807) is 40.2 Å². The van der Waals surface area contributed by atoms with Gasteiger partial charge in [-0.3, -0.25) is 20.0 Å². The molecular weight excluding hydrogens is 504 g/mol. The van der Waals surface area contributed by atoms with E-state index in [4.69, 9.17) is 18.9 Å². The number of benzene rings is 2. The average molecular weight is 547 g/mol. The average Bonchev–Trinajstić information content (AvgIpc) is 2.87. The third-order valence-corrected chi connectivity index (χ3v) is 6.36. The Balaban J connectivity index is 0.000000267. The molecule has 2 aliphatic rings. The summed E-state index contributed by atoms with van der Waals surface area (Å²) in [5.74, 6) is 0.270. The molecule has 39 heavy (non-hydrogen) atoms. The van der Waals surface area contributed by atoms with E-state index in [1.165, 1.54) is 0 Å². The van der Waals surface area contributed by atoms with E-state index in [2.05, 4.69) is 0 Å². The van der Waals surface area contributed by atoms with Crippen LogP contribution in [0.4, 0.5) is 11.4 Å². The van der Waals surface area contributed by atoms with Gasteiger partial charge < -0.3 is 18.9 Å². The van der Waals surface area contributed by atoms with E-state index >= 15 is 0 Å². The zero-order chi connectivity index (χ0) is 28.0. The molecule has 216 valence electrons. The summed E-state index contributed by atoms with van der Waals surface area (Å²) in [6.07, 6.45) is 1.10. The van der Waals surface area contributed by atoms with Crippen LogP contribution in [-0.2, 0) is 31.9 Å². The summed E-state index contributed by atoms with van der Waals surface area (Å²) in [6.45, 7) is 8.37. The van der Waals surface area contributed by atoms with Gasteiger partial charge in [-0.05, 0) is 49.9 Å². The Morgan fingerprint density at radius 2 is 1.13 bits per heavy atom. The van der Waals surface area contributed by atoms with Gasteiger partial charge in [0.1, 0.15) is 23.7 Å². The van der Waals surface area contributed by atoms with Gasteiger partial charge in [0.05, 0.1) is 24.6 Å². The van der Waals surface area contributed by atoms with Crippen LogP contribution in [0.15, 0.2) is 36.4 Å². The second-order valence-corrected chi connectivity index (χ2v) is 9.86. The van der Waals surface area contributed by atoms with Crippen molar-refractivity contribution >= 4 is 23.2 Å². The molecule has 2 aromatic rings. The van der Waals surface area contributed by atoms with Gasteiger partial charge in [-0.2, -0.15) is 10.1 Å². The van der Waals surface area contributed by atoms with Crippen LogP contribution < -0.4 is 19.6 Å². The van der Waals surface area contributed by atoms with Crippen molar-refractivity contribution in [1.82, 2.24) is 0 Å². The van der Waals surface area contributed by atoms with Crippen molar-refractivity contribution < 1.29 is 39.0 Å². The first-order valence-electron chi connectivity index (χ1n) is 12.7. The minimum Gasteiger partial charge on any atom is -0.488 e. The molecule has 0 aliphatic carbocycles. The van der Waals surface area contributed by atoms with Crippen LogP contribution >= 0.6 is 0 Å². The molecule has 2 aromatic carbocycles. The Labute approximate surface area is 230 Å². The van der Waals surface area contributed by atoms with E-state index in [-0.39, 0.29) is 43.3 Å². The molecule has 4 rings (SSSR count). The Hall–Kier alpha value is -3.18. The summed E-state index contributed by atoms with van der Waals surface area (Å²) < 4.78 is 21.3. The lowest BCUT2D eigenvalue weighted by atomic mass is 9.94. The molecule has 4 atom stereocenters. The Morgan fingerprint density at radius 1 is 0.769 bits per heavy atom. The maximum Gasteiger partial charge on any atom is 0.253 e. The zero-order valence-corrected chi connectivity index (χ0v) is 22.8. The maximum atomic E-state index is 11.7. The highest BCUT2D eigenvalue weighted by atomic mass is 16.5. The van der Waals surface area contributed by atoms with Gasteiger partial charge in [0.2, 0.25) is 0 Å². The maximum absolute atomic E-state index is 11.7. The van der Waals surface area contributed by atoms with Crippen molar-refractivity contribution in [2.75, 3.05) is 37.6 Å². The highest BCUT2D eigenvalue weighted by molar-refractivity contribution is 5.96. The van der Waals surface area contributed by atoms with Crippen LogP contribution in [0.3, 0.4) is 0 Å². The number of anilines is 2. The van der Waals surface area contributed by atoms with E-state index in [9.17, 15) is 20.0 Å². The van der Waals surface area contributed by atoms with Crippen molar-refractivity contribution in [2.24, 2.45) is 11.8 Å². The van der Waals surface area contributed by atoms with Crippen LogP contribution in [0.25, 0.3) is 0 Å². The van der Waals surface area contributed by atoms with Gasteiger partial charge in [0, 0.05) is 38.2 Å². The second-order valence-electron chi connectivity index (χ2n) is 9.86. The third kappa shape index (κ3) is 7.92. The normalized spacial score (nSPS) is 19.6. The van der Waals surface area contributed by atoms with Crippen LogP contribution in [0.1, 0.15) is 46.2 Å². The van der Waals surface area contributed by atoms with Gasteiger partial charge in [0.25, 0.3) is 11.8 Å². The predicted molar refractivity (Wildman–Crippen MR) is 148 cm³/mol. The van der Waals surface area contributed by atoms with Crippen molar-refractivity contribution in [2.45, 2.75) is 60.2 Å². The molecule has 10 nitrogen and oxygen atoms in total. The van der Waals surface area contributed by atoms with Gasteiger partial charge in [-0.1, -0.05) is 33.4 Å². The molecule has 2 heterocycles. The molecule has 2 N–H and O–H groups in total. The summed E-state index contributed by atoms with van der Waals surface area (Å²) in [5, 5.41) is 21.2. The van der Waals surface area contributed by atoms with Crippen molar-refractivity contribution in [3.05, 3.63) is 47.5 Å². The topological polar surface area (TPSA) is 118 Å². The molecule has 2 amide bonds. The zero-order valence-electron chi connectivity index (χ0n) is 22.8. The van der Waals surface area contributed by atoms with E-state index in [0.717, 1.165) is 21.3 Å². The van der Waals surface area contributed by atoms with Crippen molar-refractivity contribution in [1.29, 1.82) is 0 Å². The first-order valence-corrected chi connectivity index (χ1v) is 12.7. The SMILES string of the molecule is C.COC[C@H](C)Oc1ccc2c(c1)N(O)C(=O)[C@@H](C)C2.COC[C@H](C)Oc1ccc2c(c1)N(O)C(=O)[C@H](C)C2. The smallest absolute Gasteiger partial charge is 0.253 e. The first kappa shape index (κ1) is 32.0. The van der Waals surface area contributed by atoms with Crippen LogP contribution in [0, 0.1) is 11.8 Å². The number of methoxy groups -OCH3 is 2. The Kier molecular flexibility index (Phi) is 11.7. The number of ether oxygens (including phenoxy) is 4. The first-order chi connectivity index (χ1) is 18.0. The number of amides is 2. The number of hydrogen-bond donors (Lipinski definition) is 2. The summed E-state index contributed by atoms with van der Waals surface area (Å²) in [6, 6.07) is 10.8. The Morgan fingerprint density at radius 3 is 1.46 bits per heavy atom. The van der Waals surface area contributed by atoms with Crippen LogP contribution in [0.5, 0.6) is 11.5 Å². The van der Waals surface area contributed by atoms with E-state index in [0.29, 0.717) is 48.9 Å². The van der Waals surface area contributed by atoms with Crippen molar-refractivity contribution in [3.63, 3.8) is 0 Å². The highest BCUT2D eigenvalue weighted by Gasteiger charge is 2.30. The van der Waals surface area contributed by atoms with E-state index < -0.39 is 0 Å². The van der Waals surface area contributed by atoms with Gasteiger partial charge in [-0.25, -0.2) is 0 Å². The molecule has 10 heteroatoms. The predicted octanol–water partition coefficient (Wildman–Crippen LogP) is 4.67. The summed E-state index contributed by atoms with van der Waals surface area (Å²) in [4.78, 5) is 23.5. The molecular formula is C29H42N2O8. The standard InChI is InChI=1S/2C14H19NO4.CH4/c2*1-9-6-11-4-5-12(19-10(2)8-18-3)7-13(11)15(17)14(9)16;/h2*4-5,7,9-10,17H,6,8H2,1-3H3;1H4/t9-,10+;9-,10-;/m10./s1. The number of hydroxylamine groups is 2. The molecule has 0 fully saturated rings. The highest BCUT2D eigenvalue weighted by Crippen LogP contribution is 2.34. The largest absolute Gasteiger partial charge is 0.488 e. The Bertz CT molecular complexity index is 1040. The number of carbonyl (C=O) groups is 2. The fourth-order valence-corrected chi connectivity index (χ4v) is 4.46. The number of rotatable bonds is 8. The number of fused-ring (bicyclic) bond motifs is 2. The van der Waals surface area contributed by atoms with Crippen molar-refractivity contribution in [3.8, 4) is 11.5 Å². The molecule has 0 aromatic heterocycles. The lowest BCUT2D eigenvalue weighted by Crippen LogP contribution is -2.37. The minimum absolute atomic E-state index is 0. The molecule has 0 radical (unpaired) electrons. The summed E-state index contributed by atoms with van der Waals surface area (Å²) in [5.41, 5.74) is 2.90. The number of carbonyl (C=O) groups excluding carboxylic acids is 2. The van der Waals surface area contributed by atoms with E-state index in [1.807, 2.05) is 38.1 Å². The fourth-order valence-electron chi connectivity index (χ4n) is 4.46. The summed E-state index contributed by atoms with van der Waals surface area (Å²) >= 11 is 0. The monoisotopic (exact) mass is 546 g/mol. The molecule has 0 saturated carbocycles. The summed E-state index contributed by atoms with van der Waals surface area (Å²) in [7, 11) is 3.23. The van der Waals surface area contributed by atoms with Crippen LogP contribution in [-0.4, -0.2) is 61.9 Å². The quantitative estimate of drug-likeness (QED) is 0.459. The number of hydrogen-bond acceptors (Lipinski definition) is 8. The molecule has 0 spiro atoms. The molecule has 0 saturated heterocycles. The van der Waals surface area contributed by atoms with Gasteiger partial charge in [-0.15, -0.1) is 0 Å². The fraction of sp³-hybridized carbons (Fsp3) is 0.517. The number of nitrogens with zero attached hydrogens (tertiary/aromatic N) is 2. The molecule has 2 aliphatic heterocycles. The lowest BCUT2D eigenvalue weighted by Gasteiger charge is -2.28. The lowest BCUT2D eigenvalue weighted by molar-refractivity contribution is -0.128. The van der Waals surface area contributed by atoms with Gasteiger partial charge >= 0.3 is 0 Å². The van der Waals surface area contributed by atoms with Crippen LogP contribution in [0.2, 0.25) is 0 Å². The minimum atomic E-state index is -0.283. The second kappa shape index (κ2) is 14.3. The van der Waals surface area contributed by atoms with Gasteiger partial charge in [0.15, 0.2) is 0 Å². The molecule has 0 bridgehead atoms. The molecule has 0 unspecified atom stereocenters. The third-order valence-electron chi connectivity index (χ3n) is 6.36.